The largest absolute Gasteiger partial charge is 0.354 e. The Balaban J connectivity index is 3.28. The fraction of sp³-hybridized carbons (Fsp3) is 0.917. The summed E-state index contributed by atoms with van der Waals surface area (Å²) in [5.41, 5.74) is 0. The molecule has 0 aliphatic rings. The van der Waals surface area contributed by atoms with Crippen molar-refractivity contribution in [1.29, 1.82) is 0 Å². The Morgan fingerprint density at radius 1 is 0.464 bits per heavy atom. The molecule has 2 N–H and O–H groups in total. The molecule has 0 aliphatic heterocycles. The maximum Gasteiger partial charge on any atom is 0.220 e. The van der Waals surface area contributed by atoms with E-state index < -0.39 is 0 Å². The highest BCUT2D eigenvalue weighted by atomic mass is 16.2. The van der Waals surface area contributed by atoms with Crippen LogP contribution in [0.15, 0.2) is 0 Å². The summed E-state index contributed by atoms with van der Waals surface area (Å²) in [6, 6.07) is 0. The van der Waals surface area contributed by atoms with Crippen molar-refractivity contribution >= 4 is 11.8 Å². The van der Waals surface area contributed by atoms with Crippen LogP contribution in [0.1, 0.15) is 129 Å². The Hall–Kier alpha value is -1.06. The van der Waals surface area contributed by atoms with Crippen molar-refractivity contribution in [3.05, 3.63) is 0 Å². The van der Waals surface area contributed by atoms with Crippen LogP contribution < -0.4 is 10.6 Å². The van der Waals surface area contributed by atoms with Crippen molar-refractivity contribution in [2.75, 3.05) is 13.1 Å². The van der Waals surface area contributed by atoms with Crippen LogP contribution in [0.2, 0.25) is 0 Å². The Kier molecular flexibility index (Phi) is 21.4. The molecule has 0 atom stereocenters. The highest BCUT2D eigenvalue weighted by Gasteiger charge is 2.03. The molecule has 0 spiro atoms. The van der Waals surface area contributed by atoms with Crippen molar-refractivity contribution in [2.45, 2.75) is 129 Å². The van der Waals surface area contributed by atoms with E-state index in [9.17, 15) is 9.59 Å². The maximum atomic E-state index is 11.8. The van der Waals surface area contributed by atoms with Gasteiger partial charge in [0.25, 0.3) is 0 Å². The fourth-order valence-electron chi connectivity index (χ4n) is 3.42. The lowest BCUT2D eigenvalue weighted by atomic mass is 10.1. The number of rotatable bonds is 21. The molecule has 166 valence electrons. The lowest BCUT2D eigenvalue weighted by molar-refractivity contribution is -0.123. The Labute approximate surface area is 175 Å². The predicted molar refractivity (Wildman–Crippen MR) is 120 cm³/mol. The summed E-state index contributed by atoms with van der Waals surface area (Å²) in [5.74, 6) is 0.223. The van der Waals surface area contributed by atoms with E-state index in [0.29, 0.717) is 25.9 Å². The molecule has 28 heavy (non-hydrogen) atoms. The van der Waals surface area contributed by atoms with Gasteiger partial charge in [-0.05, 0) is 12.8 Å². The maximum absolute atomic E-state index is 11.8. The molecular formula is C24H48N2O2. The third kappa shape index (κ3) is 21.2. The van der Waals surface area contributed by atoms with E-state index in [4.69, 9.17) is 0 Å². The summed E-state index contributed by atoms with van der Waals surface area (Å²) in [7, 11) is 0. The monoisotopic (exact) mass is 396 g/mol. The zero-order valence-corrected chi connectivity index (χ0v) is 19.0. The molecule has 0 saturated heterocycles. The molecule has 0 saturated carbocycles. The van der Waals surface area contributed by atoms with E-state index in [2.05, 4.69) is 24.5 Å². The summed E-state index contributed by atoms with van der Waals surface area (Å²) < 4.78 is 0. The van der Waals surface area contributed by atoms with Gasteiger partial charge in [0.2, 0.25) is 11.8 Å². The van der Waals surface area contributed by atoms with Gasteiger partial charge in [-0.25, -0.2) is 0 Å². The van der Waals surface area contributed by atoms with Crippen molar-refractivity contribution in [3.63, 3.8) is 0 Å². The standard InChI is InChI=1S/C24H48N2O2/c1-3-5-7-9-10-11-12-13-14-16-18-20-24(28)26-22-21-25-23(27)19-17-15-8-6-4-2/h3-22H2,1-2H3,(H,25,27)(H,26,28). The predicted octanol–water partition coefficient (Wildman–Crippen LogP) is 6.28. The first-order valence-electron chi connectivity index (χ1n) is 12.2. The van der Waals surface area contributed by atoms with E-state index in [1.807, 2.05) is 0 Å². The number of carbonyl (C=O) groups is 2. The second-order valence-corrected chi connectivity index (χ2v) is 8.15. The van der Waals surface area contributed by atoms with Gasteiger partial charge in [0.05, 0.1) is 0 Å². The topological polar surface area (TPSA) is 58.2 Å². The first-order chi connectivity index (χ1) is 13.7. The summed E-state index contributed by atoms with van der Waals surface area (Å²) in [6.45, 7) is 5.53. The molecule has 0 fully saturated rings. The third-order valence-corrected chi connectivity index (χ3v) is 5.28. The molecule has 0 rings (SSSR count). The van der Waals surface area contributed by atoms with Crippen LogP contribution >= 0.6 is 0 Å². The molecule has 0 unspecified atom stereocenters. The van der Waals surface area contributed by atoms with Crippen LogP contribution in [-0.2, 0) is 9.59 Å². The van der Waals surface area contributed by atoms with Crippen LogP contribution in [0, 0.1) is 0 Å². The van der Waals surface area contributed by atoms with Crippen molar-refractivity contribution in [1.82, 2.24) is 10.6 Å². The van der Waals surface area contributed by atoms with Gasteiger partial charge in [-0.1, -0.05) is 104 Å². The molecule has 0 heterocycles. The molecule has 4 nitrogen and oxygen atoms in total. The Bertz CT molecular complexity index is 359. The zero-order chi connectivity index (χ0) is 20.7. The molecule has 0 radical (unpaired) electrons. The van der Waals surface area contributed by atoms with Gasteiger partial charge >= 0.3 is 0 Å². The van der Waals surface area contributed by atoms with Crippen molar-refractivity contribution in [2.24, 2.45) is 0 Å². The molecule has 0 bridgehead atoms. The highest BCUT2D eigenvalue weighted by Crippen LogP contribution is 2.11. The number of nitrogens with one attached hydrogen (secondary N) is 2. The minimum absolute atomic E-state index is 0.108. The summed E-state index contributed by atoms with van der Waals surface area (Å²) in [5, 5.41) is 5.79. The molecule has 4 heteroatoms. The van der Waals surface area contributed by atoms with E-state index in [-0.39, 0.29) is 11.8 Å². The summed E-state index contributed by atoms with van der Waals surface area (Å²) in [4.78, 5) is 23.5. The number of carbonyl (C=O) groups excluding carboxylic acids is 2. The number of unbranched alkanes of at least 4 members (excludes halogenated alkanes) is 14. The van der Waals surface area contributed by atoms with E-state index in [0.717, 1.165) is 25.7 Å². The first-order valence-corrected chi connectivity index (χ1v) is 12.2. The van der Waals surface area contributed by atoms with Gasteiger partial charge in [0.15, 0.2) is 0 Å². The minimum atomic E-state index is 0.108. The van der Waals surface area contributed by atoms with Gasteiger partial charge < -0.3 is 10.6 Å². The van der Waals surface area contributed by atoms with Crippen LogP contribution in [-0.4, -0.2) is 24.9 Å². The van der Waals surface area contributed by atoms with Crippen LogP contribution in [0.4, 0.5) is 0 Å². The number of hydrogen-bond donors (Lipinski definition) is 2. The molecule has 0 aromatic rings. The van der Waals surface area contributed by atoms with Crippen molar-refractivity contribution in [3.8, 4) is 0 Å². The van der Waals surface area contributed by atoms with Crippen LogP contribution in [0.3, 0.4) is 0 Å². The number of amides is 2. The first kappa shape index (κ1) is 26.9. The van der Waals surface area contributed by atoms with Crippen molar-refractivity contribution < 1.29 is 9.59 Å². The van der Waals surface area contributed by atoms with E-state index in [1.54, 1.807) is 0 Å². The average molecular weight is 397 g/mol. The smallest absolute Gasteiger partial charge is 0.220 e. The second-order valence-electron chi connectivity index (χ2n) is 8.15. The molecule has 0 aromatic carbocycles. The molecular weight excluding hydrogens is 348 g/mol. The normalized spacial score (nSPS) is 10.8. The van der Waals surface area contributed by atoms with Gasteiger partial charge in [0, 0.05) is 25.9 Å². The van der Waals surface area contributed by atoms with E-state index >= 15 is 0 Å². The van der Waals surface area contributed by atoms with Gasteiger partial charge in [-0.3, -0.25) is 9.59 Å². The molecule has 0 aromatic heterocycles. The molecule has 0 aliphatic carbocycles. The average Bonchev–Trinajstić information content (AvgIpc) is 2.69. The van der Waals surface area contributed by atoms with Gasteiger partial charge in [-0.15, -0.1) is 0 Å². The van der Waals surface area contributed by atoms with Gasteiger partial charge in [-0.2, -0.15) is 0 Å². The third-order valence-electron chi connectivity index (χ3n) is 5.28. The SMILES string of the molecule is CCCCCCCCCCCCCC(=O)NCCNC(=O)CCCCCCC. The second kappa shape index (κ2) is 22.2. The molecule has 2 amide bonds. The van der Waals surface area contributed by atoms with Gasteiger partial charge in [0.1, 0.15) is 0 Å². The summed E-state index contributed by atoms with van der Waals surface area (Å²) >= 11 is 0. The van der Waals surface area contributed by atoms with Crippen LogP contribution in [0.5, 0.6) is 0 Å². The van der Waals surface area contributed by atoms with Crippen LogP contribution in [0.25, 0.3) is 0 Å². The number of hydrogen-bond acceptors (Lipinski definition) is 2. The Morgan fingerprint density at radius 2 is 0.750 bits per heavy atom. The minimum Gasteiger partial charge on any atom is -0.354 e. The van der Waals surface area contributed by atoms with E-state index in [1.165, 1.54) is 77.0 Å². The Morgan fingerprint density at radius 3 is 1.07 bits per heavy atom. The zero-order valence-electron chi connectivity index (χ0n) is 19.0. The quantitative estimate of drug-likeness (QED) is 0.224. The lowest BCUT2D eigenvalue weighted by Crippen LogP contribution is -2.34. The summed E-state index contributed by atoms with van der Waals surface area (Å²) in [6.07, 6.45) is 21.3. The lowest BCUT2D eigenvalue weighted by Gasteiger charge is -2.07. The highest BCUT2D eigenvalue weighted by molar-refractivity contribution is 5.77. The fourth-order valence-corrected chi connectivity index (χ4v) is 3.42.